The molecule has 1 heterocycles. The second kappa shape index (κ2) is 7.06. The summed E-state index contributed by atoms with van der Waals surface area (Å²) in [6, 6.07) is 32.0. The van der Waals surface area contributed by atoms with Crippen LogP contribution >= 0.6 is 0 Å². The minimum absolute atomic E-state index is 0.127. The van der Waals surface area contributed by atoms with Crippen molar-refractivity contribution in [3.63, 3.8) is 0 Å². The van der Waals surface area contributed by atoms with E-state index in [0.717, 1.165) is 54.6 Å². The third kappa shape index (κ3) is 2.85. The molecule has 0 saturated carbocycles. The third-order valence-corrected chi connectivity index (χ3v) is 5.90. The maximum Gasteiger partial charge on any atom is 0.154 e. The van der Waals surface area contributed by atoms with Crippen LogP contribution in [0, 0.1) is 5.41 Å². The van der Waals surface area contributed by atoms with Crippen LogP contribution in [0.25, 0.3) is 43.5 Å². The molecule has 3 N–H and O–H groups in total. The van der Waals surface area contributed by atoms with Crippen molar-refractivity contribution in [2.24, 2.45) is 10.7 Å². The molecule has 4 nitrogen and oxygen atoms in total. The number of nitrogens with one attached hydrogen (secondary N) is 1. The number of nitrogens with two attached hydrogens (primary N) is 1. The summed E-state index contributed by atoms with van der Waals surface area (Å²) < 4.78 is 6.12. The zero-order valence-electron chi connectivity index (χ0n) is 17.2. The number of amidine groups is 2. The fourth-order valence-electron chi connectivity index (χ4n) is 4.39. The van der Waals surface area contributed by atoms with Gasteiger partial charge >= 0.3 is 0 Å². The van der Waals surface area contributed by atoms with E-state index in [9.17, 15) is 0 Å². The predicted molar refractivity (Wildman–Crippen MR) is 133 cm³/mol. The van der Waals surface area contributed by atoms with Gasteiger partial charge in [0.1, 0.15) is 17.0 Å². The number of benzene rings is 5. The number of nitrogens with zero attached hydrogens (tertiary/aromatic N) is 1. The van der Waals surface area contributed by atoms with Crippen LogP contribution < -0.4 is 5.73 Å². The summed E-state index contributed by atoms with van der Waals surface area (Å²) in [6.07, 6.45) is 0. The van der Waals surface area contributed by atoms with Gasteiger partial charge in [-0.3, -0.25) is 5.41 Å². The van der Waals surface area contributed by atoms with Crippen molar-refractivity contribution in [3.05, 3.63) is 108 Å². The highest BCUT2D eigenvalue weighted by Crippen LogP contribution is 2.36. The number of hydrogen-bond acceptors (Lipinski definition) is 2. The van der Waals surface area contributed by atoms with E-state index in [2.05, 4.69) is 11.1 Å². The molecule has 0 aliphatic carbocycles. The molecule has 0 aliphatic heterocycles. The number of para-hydroxylation sites is 1. The Hall–Kier alpha value is -4.44. The molecule has 0 fully saturated rings. The molecule has 0 spiro atoms. The van der Waals surface area contributed by atoms with E-state index in [-0.39, 0.29) is 5.84 Å². The van der Waals surface area contributed by atoms with E-state index >= 15 is 0 Å². The zero-order chi connectivity index (χ0) is 21.7. The van der Waals surface area contributed by atoms with E-state index < -0.39 is 0 Å². The Morgan fingerprint density at radius 2 is 1.38 bits per heavy atom. The molecule has 152 valence electrons. The Labute approximate surface area is 184 Å². The standard InChI is InChI=1S/C28H19N3O/c29-27(20-14-13-17-7-1-2-8-18(17)15-20)31-28(30)26-21-10-4-3-9-19(21)16-24-25(26)22-11-5-6-12-23(22)32-24/h1-16H,(H3,29,30,31). The lowest BCUT2D eigenvalue weighted by atomic mass is 9.97. The summed E-state index contributed by atoms with van der Waals surface area (Å²) in [5.41, 5.74) is 9.68. The van der Waals surface area contributed by atoms with Crippen molar-refractivity contribution in [2.45, 2.75) is 0 Å². The van der Waals surface area contributed by atoms with Crippen LogP contribution in [0.2, 0.25) is 0 Å². The molecule has 5 aromatic carbocycles. The summed E-state index contributed by atoms with van der Waals surface area (Å²) in [7, 11) is 0. The summed E-state index contributed by atoms with van der Waals surface area (Å²) in [6.45, 7) is 0. The van der Waals surface area contributed by atoms with E-state index in [1.54, 1.807) is 0 Å². The topological polar surface area (TPSA) is 75.4 Å². The summed E-state index contributed by atoms with van der Waals surface area (Å²) in [5.74, 6) is 0.429. The zero-order valence-corrected chi connectivity index (χ0v) is 17.2. The first-order chi connectivity index (χ1) is 15.7. The number of hydrogen-bond donors (Lipinski definition) is 2. The van der Waals surface area contributed by atoms with Gasteiger partial charge in [-0.25, -0.2) is 4.99 Å². The van der Waals surface area contributed by atoms with Crippen LogP contribution in [0.1, 0.15) is 11.1 Å². The minimum Gasteiger partial charge on any atom is -0.456 e. The van der Waals surface area contributed by atoms with Gasteiger partial charge in [0.2, 0.25) is 0 Å². The van der Waals surface area contributed by atoms with Gasteiger partial charge in [0, 0.05) is 21.9 Å². The maximum absolute atomic E-state index is 8.64. The molecule has 0 atom stereocenters. The third-order valence-electron chi connectivity index (χ3n) is 5.90. The molecular formula is C28H19N3O. The molecule has 4 heteroatoms. The highest BCUT2D eigenvalue weighted by atomic mass is 16.3. The van der Waals surface area contributed by atoms with Crippen molar-refractivity contribution in [3.8, 4) is 0 Å². The molecule has 0 amide bonds. The molecule has 6 rings (SSSR count). The molecule has 0 bridgehead atoms. The van der Waals surface area contributed by atoms with Gasteiger partial charge < -0.3 is 10.2 Å². The summed E-state index contributed by atoms with van der Waals surface area (Å²) in [4.78, 5) is 4.55. The van der Waals surface area contributed by atoms with Gasteiger partial charge in [0.15, 0.2) is 5.84 Å². The summed E-state index contributed by atoms with van der Waals surface area (Å²) in [5, 5.41) is 14.7. The van der Waals surface area contributed by atoms with Crippen LogP contribution in [0.3, 0.4) is 0 Å². The maximum atomic E-state index is 8.64. The lowest BCUT2D eigenvalue weighted by molar-refractivity contribution is 0.669. The SMILES string of the molecule is N=C(/N=C(\N)c1c2ccccc2cc2oc3ccccc3c12)c1ccc2ccccc2c1. The van der Waals surface area contributed by atoms with Crippen LogP contribution in [0.5, 0.6) is 0 Å². The van der Waals surface area contributed by atoms with Crippen molar-refractivity contribution >= 4 is 55.2 Å². The highest BCUT2D eigenvalue weighted by molar-refractivity contribution is 6.26. The Morgan fingerprint density at radius 1 is 0.688 bits per heavy atom. The first kappa shape index (κ1) is 18.3. The van der Waals surface area contributed by atoms with Gasteiger partial charge in [0.05, 0.1) is 0 Å². The second-order valence-corrected chi connectivity index (χ2v) is 7.85. The van der Waals surface area contributed by atoms with E-state index in [1.807, 2.05) is 91.0 Å². The Morgan fingerprint density at radius 3 is 2.22 bits per heavy atom. The normalized spacial score (nSPS) is 12.2. The molecule has 1 aromatic heterocycles. The minimum atomic E-state index is 0.127. The quantitative estimate of drug-likeness (QED) is 0.247. The van der Waals surface area contributed by atoms with Crippen molar-refractivity contribution in [1.82, 2.24) is 0 Å². The van der Waals surface area contributed by atoms with Gasteiger partial charge in [0.25, 0.3) is 0 Å². The molecule has 6 aromatic rings. The van der Waals surface area contributed by atoms with Crippen molar-refractivity contribution in [2.75, 3.05) is 0 Å². The number of fused-ring (bicyclic) bond motifs is 5. The van der Waals surface area contributed by atoms with Crippen molar-refractivity contribution < 1.29 is 4.42 Å². The predicted octanol–water partition coefficient (Wildman–Crippen LogP) is 6.62. The summed E-state index contributed by atoms with van der Waals surface area (Å²) >= 11 is 0. The average Bonchev–Trinajstić information content (AvgIpc) is 3.20. The molecule has 0 radical (unpaired) electrons. The van der Waals surface area contributed by atoms with Gasteiger partial charge in [-0.1, -0.05) is 78.9 Å². The van der Waals surface area contributed by atoms with Gasteiger partial charge in [-0.15, -0.1) is 0 Å². The average molecular weight is 413 g/mol. The number of furan rings is 1. The largest absolute Gasteiger partial charge is 0.456 e. The fourth-order valence-corrected chi connectivity index (χ4v) is 4.39. The van der Waals surface area contributed by atoms with Crippen LogP contribution in [0.4, 0.5) is 0 Å². The first-order valence-electron chi connectivity index (χ1n) is 10.4. The molecule has 32 heavy (non-hydrogen) atoms. The molecular weight excluding hydrogens is 394 g/mol. The van der Waals surface area contributed by atoms with E-state index in [1.165, 1.54) is 0 Å². The molecule has 0 aliphatic rings. The second-order valence-electron chi connectivity index (χ2n) is 7.85. The molecule has 0 saturated heterocycles. The lowest BCUT2D eigenvalue weighted by Crippen LogP contribution is -2.17. The van der Waals surface area contributed by atoms with Gasteiger partial charge in [-0.2, -0.15) is 0 Å². The smallest absolute Gasteiger partial charge is 0.154 e. The van der Waals surface area contributed by atoms with Crippen LogP contribution in [-0.4, -0.2) is 11.7 Å². The van der Waals surface area contributed by atoms with Crippen molar-refractivity contribution in [1.29, 1.82) is 5.41 Å². The molecule has 0 unspecified atom stereocenters. The highest BCUT2D eigenvalue weighted by Gasteiger charge is 2.17. The number of rotatable bonds is 2. The van der Waals surface area contributed by atoms with Gasteiger partial charge in [-0.05, 0) is 39.7 Å². The lowest BCUT2D eigenvalue weighted by Gasteiger charge is -2.09. The van der Waals surface area contributed by atoms with E-state index in [4.69, 9.17) is 15.6 Å². The monoisotopic (exact) mass is 413 g/mol. The van der Waals surface area contributed by atoms with E-state index in [0.29, 0.717) is 5.84 Å². The van der Waals surface area contributed by atoms with Crippen LogP contribution in [0.15, 0.2) is 106 Å². The fraction of sp³-hybridized carbons (Fsp3) is 0. The van der Waals surface area contributed by atoms with Crippen LogP contribution in [-0.2, 0) is 0 Å². The Kier molecular flexibility index (Phi) is 4.05. The Balaban J connectivity index is 1.58. The Bertz CT molecular complexity index is 1710. The first-order valence-corrected chi connectivity index (χ1v) is 10.4. The number of aliphatic imine (C=N–C) groups is 1.